The summed E-state index contributed by atoms with van der Waals surface area (Å²) in [5.74, 6) is 0.629. The van der Waals surface area contributed by atoms with Crippen molar-refractivity contribution in [1.82, 2.24) is 9.97 Å². The predicted octanol–water partition coefficient (Wildman–Crippen LogP) is 3.25. The summed E-state index contributed by atoms with van der Waals surface area (Å²) in [5.41, 5.74) is 3.19. The maximum absolute atomic E-state index is 5.13. The minimum absolute atomic E-state index is 0.629. The molecule has 1 N–H and O–H groups in total. The van der Waals surface area contributed by atoms with Crippen LogP contribution in [-0.4, -0.2) is 17.1 Å². The number of rotatable bonds is 4. The summed E-state index contributed by atoms with van der Waals surface area (Å²) in [6.07, 6.45) is 3.57. The Morgan fingerprint density at radius 1 is 1.05 bits per heavy atom. The first-order valence-electron chi connectivity index (χ1n) is 6.43. The van der Waals surface area contributed by atoms with Crippen molar-refractivity contribution in [3.63, 3.8) is 0 Å². The summed E-state index contributed by atoms with van der Waals surface area (Å²) in [6, 6.07) is 14.0. The van der Waals surface area contributed by atoms with Crippen LogP contribution in [0.25, 0.3) is 10.9 Å². The van der Waals surface area contributed by atoms with Crippen molar-refractivity contribution in [1.29, 1.82) is 0 Å². The third kappa shape index (κ3) is 2.54. The molecule has 20 heavy (non-hydrogen) atoms. The lowest BCUT2D eigenvalue weighted by molar-refractivity contribution is 0.397. The van der Waals surface area contributed by atoms with Crippen molar-refractivity contribution in [3.05, 3.63) is 60.4 Å². The maximum Gasteiger partial charge on any atom is 0.213 e. The molecular formula is C16H15N3O. The second-order valence-electron chi connectivity index (χ2n) is 4.44. The summed E-state index contributed by atoms with van der Waals surface area (Å²) in [6.45, 7) is 0.715. The van der Waals surface area contributed by atoms with Crippen molar-refractivity contribution in [2.45, 2.75) is 6.54 Å². The number of para-hydroxylation sites is 1. The van der Waals surface area contributed by atoms with Crippen LogP contribution >= 0.6 is 0 Å². The first-order valence-corrected chi connectivity index (χ1v) is 6.43. The van der Waals surface area contributed by atoms with Gasteiger partial charge in [-0.25, -0.2) is 4.98 Å². The Morgan fingerprint density at radius 2 is 1.90 bits per heavy atom. The molecule has 4 heteroatoms. The van der Waals surface area contributed by atoms with Gasteiger partial charge in [-0.3, -0.25) is 4.98 Å². The monoisotopic (exact) mass is 265 g/mol. The zero-order chi connectivity index (χ0) is 13.8. The summed E-state index contributed by atoms with van der Waals surface area (Å²) in [5, 5.41) is 4.55. The van der Waals surface area contributed by atoms with Gasteiger partial charge >= 0.3 is 0 Å². The molecule has 0 saturated carbocycles. The molecule has 0 aliphatic heterocycles. The molecular weight excluding hydrogens is 250 g/mol. The lowest BCUT2D eigenvalue weighted by atomic mass is 10.2. The van der Waals surface area contributed by atoms with Gasteiger partial charge in [0.2, 0.25) is 5.88 Å². The minimum Gasteiger partial charge on any atom is -0.481 e. The molecule has 3 aromatic rings. The lowest BCUT2D eigenvalue weighted by Crippen LogP contribution is -2.01. The SMILES string of the molecule is COc1cc(CNc2ccnc3ccccc23)ccn1. The number of nitrogens with one attached hydrogen (secondary N) is 1. The van der Waals surface area contributed by atoms with Crippen molar-refractivity contribution in [2.75, 3.05) is 12.4 Å². The molecule has 0 amide bonds. The fourth-order valence-corrected chi connectivity index (χ4v) is 2.12. The molecule has 0 saturated heterocycles. The van der Waals surface area contributed by atoms with Gasteiger partial charge in [-0.05, 0) is 23.8 Å². The summed E-state index contributed by atoms with van der Waals surface area (Å²) >= 11 is 0. The summed E-state index contributed by atoms with van der Waals surface area (Å²) in [7, 11) is 1.62. The van der Waals surface area contributed by atoms with Gasteiger partial charge in [-0.15, -0.1) is 0 Å². The molecule has 0 aliphatic rings. The van der Waals surface area contributed by atoms with Crippen LogP contribution < -0.4 is 10.1 Å². The zero-order valence-corrected chi connectivity index (χ0v) is 11.2. The third-order valence-corrected chi connectivity index (χ3v) is 3.14. The highest BCUT2D eigenvalue weighted by Gasteiger charge is 2.02. The zero-order valence-electron chi connectivity index (χ0n) is 11.2. The van der Waals surface area contributed by atoms with E-state index in [2.05, 4.69) is 21.4 Å². The highest BCUT2D eigenvalue weighted by atomic mass is 16.5. The number of aromatic nitrogens is 2. The average molecular weight is 265 g/mol. The van der Waals surface area contributed by atoms with Crippen LogP contribution in [0.1, 0.15) is 5.56 Å². The molecule has 3 rings (SSSR count). The molecule has 100 valence electrons. The largest absolute Gasteiger partial charge is 0.481 e. The molecule has 0 atom stereocenters. The van der Waals surface area contributed by atoms with Crippen LogP contribution in [0.4, 0.5) is 5.69 Å². The molecule has 2 heterocycles. The van der Waals surface area contributed by atoms with E-state index >= 15 is 0 Å². The van der Waals surface area contributed by atoms with Crippen LogP contribution in [0.2, 0.25) is 0 Å². The lowest BCUT2D eigenvalue weighted by Gasteiger charge is -2.09. The third-order valence-electron chi connectivity index (χ3n) is 3.14. The van der Waals surface area contributed by atoms with E-state index in [1.165, 1.54) is 0 Å². The van der Waals surface area contributed by atoms with Crippen molar-refractivity contribution < 1.29 is 4.74 Å². The minimum atomic E-state index is 0.629. The standard InChI is InChI=1S/C16H15N3O/c1-20-16-10-12(6-8-18-16)11-19-15-7-9-17-14-5-3-2-4-13(14)15/h2-10H,11H2,1H3,(H,17,19). The predicted molar refractivity (Wildman–Crippen MR) is 79.9 cm³/mol. The molecule has 2 aromatic heterocycles. The van der Waals surface area contributed by atoms with Crippen LogP contribution in [-0.2, 0) is 6.54 Å². The van der Waals surface area contributed by atoms with E-state index in [0.717, 1.165) is 22.2 Å². The normalized spacial score (nSPS) is 10.4. The second kappa shape index (κ2) is 5.57. The number of methoxy groups -OCH3 is 1. The average Bonchev–Trinajstić information content (AvgIpc) is 2.53. The quantitative estimate of drug-likeness (QED) is 0.786. The van der Waals surface area contributed by atoms with E-state index in [4.69, 9.17) is 4.74 Å². The topological polar surface area (TPSA) is 47.0 Å². The molecule has 0 bridgehead atoms. The number of fused-ring (bicyclic) bond motifs is 1. The number of ether oxygens (including phenoxy) is 1. The fourth-order valence-electron chi connectivity index (χ4n) is 2.12. The van der Waals surface area contributed by atoms with E-state index in [1.54, 1.807) is 13.3 Å². The van der Waals surface area contributed by atoms with E-state index < -0.39 is 0 Å². The Kier molecular flexibility index (Phi) is 3.46. The Labute approximate surface area is 117 Å². The van der Waals surface area contributed by atoms with Gasteiger partial charge in [-0.1, -0.05) is 18.2 Å². The first-order chi connectivity index (χ1) is 9.86. The van der Waals surface area contributed by atoms with Gasteiger partial charge in [0.05, 0.1) is 12.6 Å². The molecule has 0 unspecified atom stereocenters. The molecule has 4 nitrogen and oxygen atoms in total. The number of pyridine rings is 2. The number of benzene rings is 1. The Bertz CT molecular complexity index is 722. The van der Waals surface area contributed by atoms with Gasteiger partial charge in [0, 0.05) is 36.1 Å². The van der Waals surface area contributed by atoms with Crippen molar-refractivity contribution >= 4 is 16.6 Å². The molecule has 0 fully saturated rings. The van der Waals surface area contributed by atoms with Crippen LogP contribution in [0.3, 0.4) is 0 Å². The van der Waals surface area contributed by atoms with Crippen LogP contribution in [0, 0.1) is 0 Å². The van der Waals surface area contributed by atoms with Crippen molar-refractivity contribution in [3.8, 4) is 5.88 Å². The molecule has 1 aromatic carbocycles. The van der Waals surface area contributed by atoms with Gasteiger partial charge in [-0.2, -0.15) is 0 Å². The number of hydrogen-bond donors (Lipinski definition) is 1. The smallest absolute Gasteiger partial charge is 0.213 e. The van der Waals surface area contributed by atoms with Gasteiger partial charge in [0.25, 0.3) is 0 Å². The van der Waals surface area contributed by atoms with Gasteiger partial charge in [0.15, 0.2) is 0 Å². The van der Waals surface area contributed by atoms with Gasteiger partial charge in [0.1, 0.15) is 0 Å². The molecule has 0 spiro atoms. The Balaban J connectivity index is 1.83. The van der Waals surface area contributed by atoms with Crippen molar-refractivity contribution in [2.24, 2.45) is 0 Å². The van der Waals surface area contributed by atoms with E-state index in [9.17, 15) is 0 Å². The molecule has 0 aliphatic carbocycles. The Hall–Kier alpha value is -2.62. The number of anilines is 1. The second-order valence-corrected chi connectivity index (χ2v) is 4.44. The summed E-state index contributed by atoms with van der Waals surface area (Å²) in [4.78, 5) is 8.46. The maximum atomic E-state index is 5.13. The number of nitrogens with zero attached hydrogens (tertiary/aromatic N) is 2. The highest BCUT2D eigenvalue weighted by Crippen LogP contribution is 2.21. The first kappa shape index (κ1) is 12.4. The number of hydrogen-bond acceptors (Lipinski definition) is 4. The van der Waals surface area contributed by atoms with Crippen LogP contribution in [0.15, 0.2) is 54.9 Å². The fraction of sp³-hybridized carbons (Fsp3) is 0.125. The van der Waals surface area contributed by atoms with E-state index in [0.29, 0.717) is 12.4 Å². The molecule has 0 radical (unpaired) electrons. The summed E-state index contributed by atoms with van der Waals surface area (Å²) < 4.78 is 5.13. The van der Waals surface area contributed by atoms with E-state index in [1.807, 2.05) is 42.6 Å². The van der Waals surface area contributed by atoms with Crippen LogP contribution in [0.5, 0.6) is 5.88 Å². The highest BCUT2D eigenvalue weighted by molar-refractivity contribution is 5.90. The Morgan fingerprint density at radius 3 is 2.80 bits per heavy atom. The van der Waals surface area contributed by atoms with Gasteiger partial charge < -0.3 is 10.1 Å². The van der Waals surface area contributed by atoms with E-state index in [-0.39, 0.29) is 0 Å².